The predicted molar refractivity (Wildman–Crippen MR) is 292 cm³/mol. The van der Waals surface area contributed by atoms with E-state index in [1.54, 1.807) is 0 Å². The Hall–Kier alpha value is -1.14. The summed E-state index contributed by atoms with van der Waals surface area (Å²) in [7, 11) is 0. The minimum absolute atomic E-state index is 0.00395. The molecule has 400 valence electrons. The van der Waals surface area contributed by atoms with Crippen molar-refractivity contribution in [3.05, 3.63) is 0 Å². The zero-order valence-electron chi connectivity index (χ0n) is 45.7. The van der Waals surface area contributed by atoms with Gasteiger partial charge in [-0.05, 0) is 25.7 Å². The Kier molecular flexibility index (Phi) is 56.5. The Balaban J connectivity index is 3.40. The third-order valence-electron chi connectivity index (χ3n) is 14.7. The van der Waals surface area contributed by atoms with E-state index in [0.717, 1.165) is 51.4 Å². The number of carbonyl (C=O) groups is 2. The maximum Gasteiger partial charge on any atom is 0.305 e. The number of ether oxygens (including phenoxy) is 1. The summed E-state index contributed by atoms with van der Waals surface area (Å²) in [5, 5.41) is 23.3. The van der Waals surface area contributed by atoms with E-state index in [1.807, 2.05) is 0 Å². The summed E-state index contributed by atoms with van der Waals surface area (Å²) in [5.74, 6) is -0.0375. The van der Waals surface area contributed by atoms with Crippen LogP contribution in [0.5, 0.6) is 0 Å². The number of aliphatic hydroxyl groups excluding tert-OH is 2. The van der Waals surface area contributed by atoms with Crippen LogP contribution in [0, 0.1) is 0 Å². The summed E-state index contributed by atoms with van der Waals surface area (Å²) in [5.41, 5.74) is 0. The van der Waals surface area contributed by atoms with Crippen LogP contribution >= 0.6 is 0 Å². The molecule has 2 unspecified atom stereocenters. The monoisotopic (exact) mass is 948 g/mol. The van der Waals surface area contributed by atoms with E-state index in [9.17, 15) is 19.8 Å². The van der Waals surface area contributed by atoms with Crippen molar-refractivity contribution >= 4 is 11.9 Å². The molecule has 0 aliphatic rings. The van der Waals surface area contributed by atoms with Crippen LogP contribution in [0.1, 0.15) is 354 Å². The normalized spacial score (nSPS) is 12.5. The van der Waals surface area contributed by atoms with Crippen LogP contribution in [-0.4, -0.2) is 47.4 Å². The van der Waals surface area contributed by atoms with Crippen LogP contribution < -0.4 is 5.32 Å². The molecule has 0 aromatic carbocycles. The van der Waals surface area contributed by atoms with Gasteiger partial charge in [-0.1, -0.05) is 316 Å². The number of carbonyl (C=O) groups excluding carboxylic acids is 2. The maximum atomic E-state index is 12.5. The Morgan fingerprint density at radius 2 is 0.612 bits per heavy atom. The molecule has 6 heteroatoms. The van der Waals surface area contributed by atoms with Gasteiger partial charge in [-0.15, -0.1) is 0 Å². The largest absolute Gasteiger partial charge is 0.466 e. The maximum absolute atomic E-state index is 12.5. The molecule has 0 fully saturated rings. The molecule has 0 saturated heterocycles. The van der Waals surface area contributed by atoms with E-state index < -0.39 is 12.1 Å². The second-order valence-electron chi connectivity index (χ2n) is 21.4. The second-order valence-corrected chi connectivity index (χ2v) is 21.4. The highest BCUT2D eigenvalue weighted by atomic mass is 16.5. The Bertz CT molecular complexity index is 959. The number of hydrogen-bond donors (Lipinski definition) is 3. The van der Waals surface area contributed by atoms with Gasteiger partial charge in [0.2, 0.25) is 5.91 Å². The van der Waals surface area contributed by atoms with Crippen LogP contribution in [0.4, 0.5) is 0 Å². The first kappa shape index (κ1) is 65.9. The van der Waals surface area contributed by atoms with Crippen LogP contribution in [-0.2, 0) is 14.3 Å². The van der Waals surface area contributed by atoms with E-state index >= 15 is 0 Å². The lowest BCUT2D eigenvalue weighted by Gasteiger charge is -2.22. The quantitative estimate of drug-likeness (QED) is 0.0417. The topological polar surface area (TPSA) is 95.9 Å². The van der Waals surface area contributed by atoms with E-state index in [4.69, 9.17) is 4.74 Å². The molecule has 0 heterocycles. The molecule has 0 spiro atoms. The van der Waals surface area contributed by atoms with Crippen molar-refractivity contribution in [2.24, 2.45) is 0 Å². The fourth-order valence-corrected chi connectivity index (χ4v) is 9.94. The first-order valence-electron chi connectivity index (χ1n) is 30.8. The fraction of sp³-hybridized carbons (Fsp3) is 0.967. The van der Waals surface area contributed by atoms with Crippen molar-refractivity contribution < 1.29 is 24.5 Å². The van der Waals surface area contributed by atoms with Gasteiger partial charge in [-0.25, -0.2) is 0 Å². The van der Waals surface area contributed by atoms with Gasteiger partial charge in [0.25, 0.3) is 0 Å². The van der Waals surface area contributed by atoms with Gasteiger partial charge in [0.15, 0.2) is 0 Å². The molecule has 2 atom stereocenters. The first-order chi connectivity index (χ1) is 33.0. The van der Waals surface area contributed by atoms with E-state index in [0.29, 0.717) is 25.9 Å². The zero-order valence-corrected chi connectivity index (χ0v) is 45.7. The molecule has 0 rings (SSSR count). The molecule has 67 heavy (non-hydrogen) atoms. The number of nitrogens with one attached hydrogen (secondary N) is 1. The molecule has 0 aliphatic heterocycles. The van der Waals surface area contributed by atoms with Crippen LogP contribution in [0.3, 0.4) is 0 Å². The number of amides is 1. The van der Waals surface area contributed by atoms with Crippen molar-refractivity contribution in [1.29, 1.82) is 0 Å². The fourth-order valence-electron chi connectivity index (χ4n) is 9.94. The van der Waals surface area contributed by atoms with E-state index in [2.05, 4.69) is 19.2 Å². The number of hydrogen-bond acceptors (Lipinski definition) is 5. The third-order valence-corrected chi connectivity index (χ3v) is 14.7. The predicted octanol–water partition coefficient (Wildman–Crippen LogP) is 19.1. The highest BCUT2D eigenvalue weighted by Crippen LogP contribution is 2.18. The van der Waals surface area contributed by atoms with E-state index in [-0.39, 0.29) is 18.5 Å². The van der Waals surface area contributed by atoms with Gasteiger partial charge in [-0.3, -0.25) is 9.59 Å². The average Bonchev–Trinajstić information content (AvgIpc) is 3.33. The summed E-state index contributed by atoms with van der Waals surface area (Å²) < 4.78 is 5.50. The summed E-state index contributed by atoms with van der Waals surface area (Å²) in [4.78, 5) is 24.6. The highest BCUT2D eigenvalue weighted by Gasteiger charge is 2.20. The van der Waals surface area contributed by atoms with Crippen molar-refractivity contribution in [2.45, 2.75) is 366 Å². The summed E-state index contributed by atoms with van der Waals surface area (Å²) >= 11 is 0. The lowest BCUT2D eigenvalue weighted by atomic mass is 10.0. The SMILES string of the molecule is CCCCCCCCCCCCCCCCCCCCCC(=O)OCCCCCCCCCCCCCCCCC(=O)NC(CO)C(O)CCCCCCCCCCCCCCCCCCC. The van der Waals surface area contributed by atoms with Crippen LogP contribution in [0.25, 0.3) is 0 Å². The van der Waals surface area contributed by atoms with Crippen molar-refractivity contribution in [2.75, 3.05) is 13.2 Å². The summed E-state index contributed by atoms with van der Waals surface area (Å²) in [6.45, 7) is 4.97. The molecule has 0 aromatic rings. The number of unbranched alkanes of at least 4 members (excludes halogenated alkanes) is 47. The zero-order chi connectivity index (χ0) is 48.6. The van der Waals surface area contributed by atoms with Crippen molar-refractivity contribution in [3.63, 3.8) is 0 Å². The van der Waals surface area contributed by atoms with Crippen LogP contribution in [0.2, 0.25) is 0 Å². The number of rotatable bonds is 58. The third kappa shape index (κ3) is 54.0. The minimum Gasteiger partial charge on any atom is -0.466 e. The van der Waals surface area contributed by atoms with Gasteiger partial charge in [0.1, 0.15) is 0 Å². The lowest BCUT2D eigenvalue weighted by Crippen LogP contribution is -2.45. The van der Waals surface area contributed by atoms with Gasteiger partial charge in [0.05, 0.1) is 25.4 Å². The molecule has 6 nitrogen and oxygen atoms in total. The van der Waals surface area contributed by atoms with Crippen molar-refractivity contribution in [3.8, 4) is 0 Å². The Labute approximate surface area is 419 Å². The summed E-state index contributed by atoms with van der Waals surface area (Å²) in [6, 6.07) is -0.548. The number of esters is 1. The van der Waals surface area contributed by atoms with Crippen LogP contribution in [0.15, 0.2) is 0 Å². The lowest BCUT2D eigenvalue weighted by molar-refractivity contribution is -0.143. The molecule has 0 aliphatic carbocycles. The van der Waals surface area contributed by atoms with Gasteiger partial charge >= 0.3 is 5.97 Å². The van der Waals surface area contributed by atoms with Crippen molar-refractivity contribution in [1.82, 2.24) is 5.32 Å². The summed E-state index contributed by atoms with van der Waals surface area (Å²) in [6.07, 6.45) is 66.7. The highest BCUT2D eigenvalue weighted by molar-refractivity contribution is 5.76. The molecular formula is C61H121NO5. The van der Waals surface area contributed by atoms with Gasteiger partial charge < -0.3 is 20.3 Å². The average molecular weight is 949 g/mol. The van der Waals surface area contributed by atoms with E-state index in [1.165, 1.54) is 270 Å². The Morgan fingerprint density at radius 1 is 0.358 bits per heavy atom. The van der Waals surface area contributed by atoms with Gasteiger partial charge in [-0.2, -0.15) is 0 Å². The molecule has 3 N–H and O–H groups in total. The molecule has 0 bridgehead atoms. The number of aliphatic hydroxyl groups is 2. The van der Waals surface area contributed by atoms with Gasteiger partial charge in [0, 0.05) is 12.8 Å². The second kappa shape index (κ2) is 57.4. The molecule has 0 radical (unpaired) electrons. The smallest absolute Gasteiger partial charge is 0.305 e. The molecular weight excluding hydrogens is 827 g/mol. The standard InChI is InChI=1S/C61H121NO5/c1-3-5-7-9-11-13-15-17-19-21-22-24-26-31-35-39-43-47-51-55-61(66)67-56-52-48-44-40-36-32-28-27-30-34-38-42-46-50-54-60(65)62-58(57-63)59(64)53-49-45-41-37-33-29-25-23-20-18-16-14-12-10-8-6-4-2/h58-59,63-64H,3-57H2,1-2H3,(H,62,65). The minimum atomic E-state index is -0.670. The first-order valence-corrected chi connectivity index (χ1v) is 30.8. The Morgan fingerprint density at radius 3 is 0.910 bits per heavy atom. The molecule has 0 aromatic heterocycles. The molecule has 0 saturated carbocycles. The molecule has 1 amide bonds.